The van der Waals surface area contributed by atoms with Crippen LogP contribution in [-0.4, -0.2) is 30.7 Å². The van der Waals surface area contributed by atoms with Gasteiger partial charge in [-0.1, -0.05) is 35.9 Å². The highest BCUT2D eigenvalue weighted by Gasteiger charge is 2.24. The molecular weight excluding hydrogens is 338 g/mol. The molecule has 0 saturated carbocycles. The van der Waals surface area contributed by atoms with E-state index in [1.54, 1.807) is 9.47 Å². The second-order valence-electron chi connectivity index (χ2n) is 6.73. The van der Waals surface area contributed by atoms with E-state index in [0.29, 0.717) is 12.3 Å². The van der Waals surface area contributed by atoms with Crippen LogP contribution in [0.4, 0.5) is 0 Å². The molecule has 1 saturated heterocycles. The molecule has 2 aromatic carbocycles. The van der Waals surface area contributed by atoms with Gasteiger partial charge in [0.1, 0.15) is 32.7 Å². The summed E-state index contributed by atoms with van der Waals surface area (Å²) < 4.78 is 7.09. The van der Waals surface area contributed by atoms with Gasteiger partial charge in [0.15, 0.2) is 12.3 Å². The number of nitrogens with zero attached hydrogens (tertiary/aromatic N) is 1. The fourth-order valence-corrected chi connectivity index (χ4v) is 3.70. The molecule has 1 aromatic heterocycles. The van der Waals surface area contributed by atoms with E-state index < -0.39 is 0 Å². The summed E-state index contributed by atoms with van der Waals surface area (Å²) in [5, 5.41) is 0.783. The lowest BCUT2D eigenvalue weighted by Crippen LogP contribution is -3.27. The predicted octanol–water partition coefficient (Wildman–Crippen LogP) is 0.189. The Morgan fingerprint density at radius 1 is 0.960 bits per heavy atom. The Bertz CT molecular complexity index is 908. The van der Waals surface area contributed by atoms with Gasteiger partial charge in [0.25, 0.3) is 0 Å². The van der Waals surface area contributed by atoms with E-state index in [4.69, 9.17) is 16.0 Å². The molecule has 0 atom stereocenters. The SMILES string of the molecule is O=c1oc2ccccc2n1C[NH+]1CC[NH+](Cc2ccc(Cl)cc2)CC1. The third-order valence-corrected chi connectivity index (χ3v) is 5.24. The molecule has 5 nitrogen and oxygen atoms in total. The lowest BCUT2D eigenvalue weighted by atomic mass is 10.2. The molecule has 4 rings (SSSR count). The Labute approximate surface area is 151 Å². The summed E-state index contributed by atoms with van der Waals surface area (Å²) in [5.41, 5.74) is 2.87. The molecule has 130 valence electrons. The third kappa shape index (κ3) is 3.63. The highest BCUT2D eigenvalue weighted by molar-refractivity contribution is 6.30. The van der Waals surface area contributed by atoms with Crippen LogP contribution in [0.25, 0.3) is 11.1 Å². The smallest absolute Gasteiger partial charge is 0.408 e. The number of hydrogen-bond donors (Lipinski definition) is 2. The van der Waals surface area contributed by atoms with Crippen molar-refractivity contribution in [2.24, 2.45) is 0 Å². The quantitative estimate of drug-likeness (QED) is 0.698. The van der Waals surface area contributed by atoms with Crippen LogP contribution in [0.5, 0.6) is 0 Å². The second kappa shape index (κ2) is 7.04. The Balaban J connectivity index is 1.38. The van der Waals surface area contributed by atoms with Gasteiger partial charge >= 0.3 is 5.76 Å². The average Bonchev–Trinajstić information content (AvgIpc) is 2.94. The van der Waals surface area contributed by atoms with Gasteiger partial charge in [-0.2, -0.15) is 0 Å². The summed E-state index contributed by atoms with van der Waals surface area (Å²) >= 11 is 5.95. The van der Waals surface area contributed by atoms with Gasteiger partial charge in [-0.15, -0.1) is 0 Å². The number of piperazine rings is 1. The third-order valence-electron chi connectivity index (χ3n) is 4.99. The number of aromatic nitrogens is 1. The first-order valence-corrected chi connectivity index (χ1v) is 9.07. The molecule has 2 N–H and O–H groups in total. The van der Waals surface area contributed by atoms with Gasteiger partial charge in [-0.05, 0) is 24.3 Å². The van der Waals surface area contributed by atoms with Crippen molar-refractivity contribution in [3.63, 3.8) is 0 Å². The number of benzene rings is 2. The molecule has 3 aromatic rings. The van der Waals surface area contributed by atoms with Gasteiger partial charge in [-0.25, -0.2) is 9.36 Å². The zero-order valence-corrected chi connectivity index (χ0v) is 14.8. The average molecular weight is 360 g/mol. The molecule has 0 amide bonds. The van der Waals surface area contributed by atoms with Gasteiger partial charge in [-0.3, -0.25) is 0 Å². The number of quaternary nitrogens is 2. The molecule has 0 aliphatic carbocycles. The van der Waals surface area contributed by atoms with Crippen molar-refractivity contribution in [2.75, 3.05) is 26.2 Å². The van der Waals surface area contributed by atoms with E-state index in [1.165, 1.54) is 10.5 Å². The Morgan fingerprint density at radius 2 is 1.64 bits per heavy atom. The van der Waals surface area contributed by atoms with Crippen molar-refractivity contribution < 1.29 is 14.2 Å². The highest BCUT2D eigenvalue weighted by atomic mass is 35.5. The van der Waals surface area contributed by atoms with Crippen LogP contribution in [0, 0.1) is 0 Å². The Morgan fingerprint density at radius 3 is 2.40 bits per heavy atom. The van der Waals surface area contributed by atoms with E-state index in [9.17, 15) is 4.79 Å². The van der Waals surface area contributed by atoms with Crippen molar-refractivity contribution in [2.45, 2.75) is 13.2 Å². The van der Waals surface area contributed by atoms with Gasteiger partial charge in [0.05, 0.1) is 5.52 Å². The lowest BCUT2D eigenvalue weighted by Gasteiger charge is -2.29. The van der Waals surface area contributed by atoms with Crippen molar-refractivity contribution in [3.8, 4) is 0 Å². The minimum Gasteiger partial charge on any atom is -0.408 e. The molecular formula is C19H22ClN3O2+2. The fraction of sp³-hybridized carbons (Fsp3) is 0.316. The molecule has 1 aliphatic heterocycles. The van der Waals surface area contributed by atoms with Crippen molar-refractivity contribution in [3.05, 3.63) is 69.7 Å². The maximum absolute atomic E-state index is 12.1. The summed E-state index contributed by atoms with van der Waals surface area (Å²) in [5.74, 6) is -0.260. The number of hydrogen-bond acceptors (Lipinski definition) is 2. The van der Waals surface area contributed by atoms with E-state index >= 15 is 0 Å². The van der Waals surface area contributed by atoms with E-state index in [0.717, 1.165) is 43.3 Å². The largest absolute Gasteiger partial charge is 0.424 e. The molecule has 0 unspecified atom stereocenters. The summed E-state index contributed by atoms with van der Waals surface area (Å²) in [6.07, 6.45) is 0. The Hall–Kier alpha value is -2.08. The zero-order chi connectivity index (χ0) is 17.2. The van der Waals surface area contributed by atoms with Crippen LogP contribution in [0.1, 0.15) is 5.56 Å². The Kier molecular flexibility index (Phi) is 4.61. The normalized spacial score (nSPS) is 20.8. The minimum absolute atomic E-state index is 0.260. The summed E-state index contributed by atoms with van der Waals surface area (Å²) in [7, 11) is 0. The number of rotatable bonds is 4. The van der Waals surface area contributed by atoms with Crippen LogP contribution in [0.3, 0.4) is 0 Å². The van der Waals surface area contributed by atoms with Crippen molar-refractivity contribution in [1.82, 2.24) is 4.57 Å². The fourth-order valence-electron chi connectivity index (χ4n) is 3.57. The first kappa shape index (κ1) is 16.4. The van der Waals surface area contributed by atoms with Gasteiger partial charge < -0.3 is 14.2 Å². The number of halogens is 1. The molecule has 25 heavy (non-hydrogen) atoms. The van der Waals surface area contributed by atoms with E-state index in [2.05, 4.69) is 12.1 Å². The van der Waals surface area contributed by atoms with E-state index in [1.807, 2.05) is 36.4 Å². The topological polar surface area (TPSA) is 44.0 Å². The zero-order valence-electron chi connectivity index (χ0n) is 14.0. The van der Waals surface area contributed by atoms with E-state index in [-0.39, 0.29) is 5.76 Å². The van der Waals surface area contributed by atoms with Crippen LogP contribution in [0.15, 0.2) is 57.7 Å². The molecule has 0 radical (unpaired) electrons. The predicted molar refractivity (Wildman–Crippen MR) is 97.0 cm³/mol. The summed E-state index contributed by atoms with van der Waals surface area (Å²) in [6, 6.07) is 15.7. The number of nitrogens with one attached hydrogen (secondary N) is 2. The molecule has 0 bridgehead atoms. The number of fused-ring (bicyclic) bond motifs is 1. The van der Waals surface area contributed by atoms with Crippen LogP contribution >= 0.6 is 11.6 Å². The first-order valence-electron chi connectivity index (χ1n) is 8.69. The van der Waals surface area contributed by atoms with Crippen LogP contribution in [0.2, 0.25) is 5.02 Å². The van der Waals surface area contributed by atoms with Crippen LogP contribution in [-0.2, 0) is 13.2 Å². The summed E-state index contributed by atoms with van der Waals surface area (Å²) in [6.45, 7) is 6.00. The molecule has 2 heterocycles. The van der Waals surface area contributed by atoms with Gasteiger partial charge in [0, 0.05) is 10.6 Å². The maximum atomic E-state index is 12.1. The minimum atomic E-state index is -0.260. The molecule has 1 fully saturated rings. The summed E-state index contributed by atoms with van der Waals surface area (Å²) in [4.78, 5) is 15.1. The standard InChI is InChI=1S/C19H20ClN3O2/c20-16-7-5-15(6-8-16)13-21-9-11-22(12-10-21)14-23-17-3-1-2-4-18(17)25-19(23)24/h1-8H,9-14H2/p+2. The van der Waals surface area contributed by atoms with Crippen LogP contribution < -0.4 is 15.6 Å². The second-order valence-corrected chi connectivity index (χ2v) is 7.16. The lowest BCUT2D eigenvalue weighted by molar-refractivity contribution is -1.03. The molecule has 6 heteroatoms. The van der Waals surface area contributed by atoms with Crippen molar-refractivity contribution in [1.29, 1.82) is 0 Å². The van der Waals surface area contributed by atoms with Crippen molar-refractivity contribution >= 4 is 22.7 Å². The maximum Gasteiger partial charge on any atom is 0.424 e. The first-order chi connectivity index (χ1) is 12.2. The van der Waals surface area contributed by atoms with Gasteiger partial charge in [0.2, 0.25) is 0 Å². The molecule has 1 aliphatic rings. The monoisotopic (exact) mass is 359 g/mol. The number of oxazole rings is 1. The highest BCUT2D eigenvalue weighted by Crippen LogP contribution is 2.10. The molecule has 0 spiro atoms. The number of para-hydroxylation sites is 2.